The van der Waals surface area contributed by atoms with Crippen LogP contribution < -0.4 is 34.6 Å². The van der Waals surface area contributed by atoms with Crippen LogP contribution in [0.4, 0.5) is 22.7 Å². The molecule has 1 aliphatic rings. The molecule has 0 saturated heterocycles. The number of rotatable bonds is 11. The van der Waals surface area contributed by atoms with E-state index in [-0.39, 0.29) is 37.3 Å². The number of para-hydroxylation sites is 3. The molecule has 0 spiro atoms. The maximum Gasteiger partial charge on any atom is 2.00 e. The topological polar surface area (TPSA) is 38.0 Å². The van der Waals surface area contributed by atoms with Crippen LogP contribution in [0.25, 0.3) is 66.2 Å². The molecular weight excluding hydrogens is 1320 g/mol. The number of aromatic nitrogens is 3. The molecule has 3 aromatic heterocycles. The summed E-state index contributed by atoms with van der Waals surface area (Å²) < 4.78 is 16.0. The van der Waals surface area contributed by atoms with Gasteiger partial charge in [-0.1, -0.05) is 248 Å². The van der Waals surface area contributed by atoms with E-state index in [2.05, 4.69) is 341 Å². The molecule has 15 rings (SSSR count). The molecule has 0 amide bonds. The number of hydrogen-bond donors (Lipinski definition) is 0. The van der Waals surface area contributed by atoms with E-state index in [1.165, 1.54) is 48.2 Å². The minimum atomic E-state index is -2.88. The third-order valence-electron chi connectivity index (χ3n) is 18.3. The maximum atomic E-state index is 6.97. The molecule has 0 atom stereocenters. The van der Waals surface area contributed by atoms with Crippen LogP contribution in [0.2, 0.25) is 0 Å². The Morgan fingerprint density at radius 2 is 0.978 bits per heavy atom. The monoisotopic (exact) mass is 1390 g/mol. The summed E-state index contributed by atoms with van der Waals surface area (Å²) in [5.41, 5.74) is 14.8. The molecule has 8 heteroatoms. The first kappa shape index (κ1) is 59.9. The second kappa shape index (κ2) is 23.2. The van der Waals surface area contributed by atoms with Crippen molar-refractivity contribution in [2.45, 2.75) is 78.6 Å². The number of ether oxygens (including phenoxy) is 1. The molecule has 0 unspecified atom stereocenters. The number of nitrogens with zero attached hydrogens (tertiary/aromatic N) is 5. The van der Waals surface area contributed by atoms with Gasteiger partial charge in [-0.3, -0.25) is 0 Å². The summed E-state index contributed by atoms with van der Waals surface area (Å²) in [6.45, 7) is 20.5. The number of benzene rings is 11. The Morgan fingerprint density at radius 3 is 1.60 bits per heavy atom. The van der Waals surface area contributed by atoms with Crippen molar-refractivity contribution in [2.75, 3.05) is 0 Å². The van der Waals surface area contributed by atoms with Gasteiger partial charge in [0.15, 0.2) is 8.07 Å². The average Bonchev–Trinajstić information content (AvgIpc) is 1.33. The Labute approximate surface area is 555 Å². The van der Waals surface area contributed by atoms with Gasteiger partial charge >= 0.3 is 32.8 Å². The number of fused-ring (bicyclic) bond motifs is 7. The molecule has 14 aromatic rings. The van der Waals surface area contributed by atoms with Crippen molar-refractivity contribution in [3.05, 3.63) is 296 Å². The predicted molar refractivity (Wildman–Crippen MR) is 383 cm³/mol. The van der Waals surface area contributed by atoms with E-state index in [9.17, 15) is 0 Å². The number of hydrogen-bond acceptors (Lipinski definition) is 2. The SMILES string of the molecule is CC(C)(C)c1cc([N+]2=C=[N+](c3[c-]c(Oc4[c-]c5c(cc4)c4cc(-n6c7ccccc7c7ccccc76)ccc4n5-c4cc(C(C)(C)C)ccn4)ccc3)c3cccc(-c4cccc([Si](c5ccccc5)(c5ccccc5)c5ccccc5)c4)c32)cc(C(C)(C)C)c1.[Pt+2]. The third-order valence-corrected chi connectivity index (χ3v) is 23.1. The Kier molecular flexibility index (Phi) is 15.1. The van der Waals surface area contributed by atoms with Crippen LogP contribution in [-0.2, 0) is 37.3 Å². The first-order chi connectivity index (χ1) is 44.0. The van der Waals surface area contributed by atoms with Gasteiger partial charge in [-0.2, -0.15) is 12.1 Å². The second-order valence-corrected chi connectivity index (χ2v) is 31.1. The molecule has 11 aromatic carbocycles. The first-order valence-electron chi connectivity index (χ1n) is 31.6. The van der Waals surface area contributed by atoms with Crippen LogP contribution in [0.1, 0.15) is 79.0 Å². The van der Waals surface area contributed by atoms with Crippen LogP contribution in [0.15, 0.2) is 267 Å². The Morgan fingerprint density at radius 1 is 0.424 bits per heavy atom. The van der Waals surface area contributed by atoms with E-state index < -0.39 is 8.07 Å². The van der Waals surface area contributed by atoms with Crippen LogP contribution in [0.5, 0.6) is 11.5 Å². The Hall–Kier alpha value is -9.74. The van der Waals surface area contributed by atoms with E-state index in [0.29, 0.717) is 11.5 Å². The van der Waals surface area contributed by atoms with Crippen LogP contribution in [-0.4, -0.2) is 28.2 Å². The summed E-state index contributed by atoms with van der Waals surface area (Å²) in [6.07, 6.45) is 1.92. The van der Waals surface area contributed by atoms with Crippen molar-refractivity contribution in [1.29, 1.82) is 0 Å². The normalized spacial score (nSPS) is 12.7. The largest absolute Gasteiger partial charge is 2.00 e. The second-order valence-electron chi connectivity index (χ2n) is 27.3. The van der Waals surface area contributed by atoms with E-state index in [1.807, 2.05) is 24.4 Å². The average molecular weight is 1390 g/mol. The van der Waals surface area contributed by atoms with Gasteiger partial charge in [-0.05, 0) is 118 Å². The zero-order chi connectivity index (χ0) is 62.4. The van der Waals surface area contributed by atoms with Crippen LogP contribution in [0.3, 0.4) is 0 Å². The van der Waals surface area contributed by atoms with Crippen molar-refractivity contribution in [3.8, 4) is 34.1 Å². The molecule has 6 nitrogen and oxygen atoms in total. The molecule has 0 aliphatic carbocycles. The minimum Gasteiger partial charge on any atom is -0.509 e. The van der Waals surface area contributed by atoms with Gasteiger partial charge in [0, 0.05) is 57.9 Å². The smallest absolute Gasteiger partial charge is 0.509 e. The molecule has 450 valence electrons. The fraction of sp³-hybridized carbons (Fsp3) is 0.143. The van der Waals surface area contributed by atoms with Gasteiger partial charge in [0.1, 0.15) is 11.5 Å². The maximum absolute atomic E-state index is 6.97. The first-order valence-corrected chi connectivity index (χ1v) is 33.6. The van der Waals surface area contributed by atoms with Gasteiger partial charge in [0.25, 0.3) is 5.69 Å². The molecule has 0 radical (unpaired) electrons. The van der Waals surface area contributed by atoms with E-state index >= 15 is 0 Å². The van der Waals surface area contributed by atoms with Crippen molar-refractivity contribution >= 4 is 101 Å². The van der Waals surface area contributed by atoms with Crippen molar-refractivity contribution in [1.82, 2.24) is 23.3 Å². The number of pyridine rings is 1. The fourth-order valence-electron chi connectivity index (χ4n) is 13.6. The Bertz CT molecular complexity index is 5070. The van der Waals surface area contributed by atoms with Gasteiger partial charge in [-0.15, -0.1) is 23.6 Å². The molecule has 92 heavy (non-hydrogen) atoms. The van der Waals surface area contributed by atoms with Gasteiger partial charge in [-0.25, -0.2) is 4.98 Å². The quantitative estimate of drug-likeness (QED) is 0.0560. The summed E-state index contributed by atoms with van der Waals surface area (Å²) in [6, 6.07) is 107. The Balaban J connectivity index is 0.00000735. The van der Waals surface area contributed by atoms with Crippen molar-refractivity contribution < 1.29 is 25.8 Å². The third kappa shape index (κ3) is 10.4. The summed E-state index contributed by atoms with van der Waals surface area (Å²) in [4.78, 5) is 5.05. The van der Waals surface area contributed by atoms with E-state index in [1.54, 1.807) is 0 Å². The summed E-state index contributed by atoms with van der Waals surface area (Å²) in [5.74, 6) is 1.94. The van der Waals surface area contributed by atoms with Gasteiger partial charge in [0.2, 0.25) is 5.69 Å². The van der Waals surface area contributed by atoms with Crippen molar-refractivity contribution in [3.63, 3.8) is 0 Å². The molecule has 4 heterocycles. The summed E-state index contributed by atoms with van der Waals surface area (Å²) in [5, 5.41) is 9.88. The summed E-state index contributed by atoms with van der Waals surface area (Å²) >= 11 is 0. The molecular formula is C84H71N5OPtSi+2. The molecule has 0 N–H and O–H groups in total. The van der Waals surface area contributed by atoms with Crippen molar-refractivity contribution in [2.24, 2.45) is 0 Å². The van der Waals surface area contributed by atoms with Crippen LogP contribution >= 0.6 is 0 Å². The standard InChI is InChI=1S/C84H71N5OSi.Pt/c1-82(2,3)58-46-47-85-80(52-58)89-77-45-42-62(88-75-39-21-19-36-71(75)72-37-20-22-40-76(72)88)54-74(77)73-44-43-65(55-79(73)89)90-64-28-24-27-61(53-64)86-56-87(63-50-59(83(4,5)6)49-60(51-63)84(7,8)9)81-70(38-25-41-78(81)86)57-26-23-35-69(48-57)91(66-29-13-10-14-30-66,67-31-15-11-16-32-67)68-33-17-12-18-34-68;/h10-52,54H,1-9H3;/q;+2. The van der Waals surface area contributed by atoms with Gasteiger partial charge in [0.05, 0.1) is 16.6 Å². The fourth-order valence-corrected chi connectivity index (χ4v) is 18.4. The predicted octanol–water partition coefficient (Wildman–Crippen LogP) is 18.5. The van der Waals surface area contributed by atoms with E-state index in [0.717, 1.165) is 78.2 Å². The molecule has 0 fully saturated rings. The summed E-state index contributed by atoms with van der Waals surface area (Å²) in [7, 11) is -2.88. The van der Waals surface area contributed by atoms with Crippen LogP contribution in [0, 0.1) is 12.1 Å². The van der Waals surface area contributed by atoms with E-state index in [4.69, 9.17) is 9.72 Å². The minimum absolute atomic E-state index is 0. The van der Waals surface area contributed by atoms with Gasteiger partial charge < -0.3 is 13.9 Å². The molecule has 1 aliphatic heterocycles. The zero-order valence-electron chi connectivity index (χ0n) is 53.4. The molecule has 0 saturated carbocycles. The molecule has 0 bridgehead atoms. The zero-order valence-corrected chi connectivity index (χ0v) is 56.6.